The molecular formula is C24H26ClNO5. The average Bonchev–Trinajstić information content (AvgIpc) is 3.30. The first-order valence-corrected chi connectivity index (χ1v) is 10.8. The topological polar surface area (TPSA) is 81.7 Å². The fourth-order valence-corrected chi connectivity index (χ4v) is 3.94. The molecule has 1 aliphatic rings. The first-order chi connectivity index (χ1) is 15.0. The fourth-order valence-electron chi connectivity index (χ4n) is 3.72. The zero-order valence-electron chi connectivity index (χ0n) is 17.5. The molecule has 0 unspecified atom stereocenters. The third kappa shape index (κ3) is 6.31. The van der Waals surface area contributed by atoms with E-state index in [0.717, 1.165) is 31.2 Å². The highest BCUT2D eigenvalue weighted by atomic mass is 35.5. The summed E-state index contributed by atoms with van der Waals surface area (Å²) in [6.07, 6.45) is 6.21. The van der Waals surface area contributed by atoms with Gasteiger partial charge in [0.15, 0.2) is 6.29 Å². The standard InChI is InChI=1S/C24H26ClNO5/c1-30-22-14-21(20(25)13-18(22)15-27)26-23(28)11-5-7-16-6-4-10-19(12-16)31-24(29)17-8-2-3-9-17/h4,6,10,12-15,17H,2-3,5,7-9,11H2,1H3,(H,26,28). The first-order valence-electron chi connectivity index (χ1n) is 10.4. The minimum Gasteiger partial charge on any atom is -0.496 e. The number of carbonyl (C=O) groups excluding carboxylic acids is 3. The predicted octanol–water partition coefficient (Wildman–Crippen LogP) is 5.22. The van der Waals surface area contributed by atoms with Crippen LogP contribution in [0.2, 0.25) is 5.02 Å². The summed E-state index contributed by atoms with van der Waals surface area (Å²) in [5, 5.41) is 3.03. The predicted molar refractivity (Wildman–Crippen MR) is 119 cm³/mol. The van der Waals surface area contributed by atoms with E-state index >= 15 is 0 Å². The Hall–Kier alpha value is -2.86. The monoisotopic (exact) mass is 443 g/mol. The Morgan fingerprint density at radius 2 is 1.97 bits per heavy atom. The van der Waals surface area contributed by atoms with Gasteiger partial charge in [-0.3, -0.25) is 14.4 Å². The van der Waals surface area contributed by atoms with E-state index in [9.17, 15) is 14.4 Å². The van der Waals surface area contributed by atoms with Crippen molar-refractivity contribution in [2.24, 2.45) is 5.92 Å². The minimum atomic E-state index is -0.188. The van der Waals surface area contributed by atoms with E-state index in [1.54, 1.807) is 6.07 Å². The normalized spacial score (nSPS) is 13.6. The molecule has 164 valence electrons. The number of ether oxygens (including phenoxy) is 2. The third-order valence-corrected chi connectivity index (χ3v) is 5.71. The average molecular weight is 444 g/mol. The molecule has 0 heterocycles. The molecule has 7 heteroatoms. The molecule has 0 radical (unpaired) electrons. The van der Waals surface area contributed by atoms with Crippen LogP contribution in [0.5, 0.6) is 11.5 Å². The number of rotatable bonds is 9. The lowest BCUT2D eigenvalue weighted by Crippen LogP contribution is -2.17. The number of aryl methyl sites for hydroxylation is 1. The van der Waals surface area contributed by atoms with Crippen molar-refractivity contribution in [3.05, 3.63) is 52.5 Å². The molecule has 31 heavy (non-hydrogen) atoms. The Morgan fingerprint density at radius 1 is 1.19 bits per heavy atom. The van der Waals surface area contributed by atoms with Crippen molar-refractivity contribution in [2.45, 2.75) is 44.9 Å². The molecule has 0 spiro atoms. The summed E-state index contributed by atoms with van der Waals surface area (Å²) in [6.45, 7) is 0. The Morgan fingerprint density at radius 3 is 2.68 bits per heavy atom. The molecule has 0 bridgehead atoms. The van der Waals surface area contributed by atoms with Crippen LogP contribution in [-0.2, 0) is 16.0 Å². The van der Waals surface area contributed by atoms with Gasteiger partial charge >= 0.3 is 5.97 Å². The Kier molecular flexibility index (Phi) is 8.06. The molecule has 1 fully saturated rings. The highest BCUT2D eigenvalue weighted by molar-refractivity contribution is 6.34. The van der Waals surface area contributed by atoms with E-state index in [4.69, 9.17) is 21.1 Å². The number of amides is 1. The van der Waals surface area contributed by atoms with E-state index < -0.39 is 0 Å². The van der Waals surface area contributed by atoms with E-state index in [0.29, 0.717) is 48.3 Å². The number of esters is 1. The van der Waals surface area contributed by atoms with E-state index in [1.165, 1.54) is 19.2 Å². The molecule has 1 amide bonds. The summed E-state index contributed by atoms with van der Waals surface area (Å²) >= 11 is 6.15. The van der Waals surface area contributed by atoms with Crippen LogP contribution in [0.3, 0.4) is 0 Å². The summed E-state index contributed by atoms with van der Waals surface area (Å²) in [5.41, 5.74) is 1.72. The number of benzene rings is 2. The highest BCUT2D eigenvalue weighted by Crippen LogP contribution is 2.30. The number of hydrogen-bond donors (Lipinski definition) is 1. The Bertz CT molecular complexity index is 953. The maximum Gasteiger partial charge on any atom is 0.314 e. The van der Waals surface area contributed by atoms with Gasteiger partial charge in [0.1, 0.15) is 11.5 Å². The maximum atomic E-state index is 12.3. The lowest BCUT2D eigenvalue weighted by molar-refractivity contribution is -0.138. The number of carbonyl (C=O) groups is 3. The van der Waals surface area contributed by atoms with Crippen LogP contribution in [0.1, 0.15) is 54.4 Å². The van der Waals surface area contributed by atoms with Crippen molar-refractivity contribution in [1.82, 2.24) is 0 Å². The second kappa shape index (κ2) is 11.0. The van der Waals surface area contributed by atoms with Crippen LogP contribution >= 0.6 is 11.6 Å². The van der Waals surface area contributed by atoms with Gasteiger partial charge < -0.3 is 14.8 Å². The number of anilines is 1. The van der Waals surface area contributed by atoms with Gasteiger partial charge in [-0.15, -0.1) is 0 Å². The zero-order chi connectivity index (χ0) is 22.2. The van der Waals surface area contributed by atoms with Crippen LogP contribution < -0.4 is 14.8 Å². The van der Waals surface area contributed by atoms with Crippen LogP contribution in [0.4, 0.5) is 5.69 Å². The lowest BCUT2D eigenvalue weighted by Gasteiger charge is -2.11. The summed E-state index contributed by atoms with van der Waals surface area (Å²) in [6, 6.07) is 10.4. The van der Waals surface area contributed by atoms with E-state index in [-0.39, 0.29) is 22.8 Å². The molecule has 0 aliphatic heterocycles. The Balaban J connectivity index is 1.50. The number of hydrogen-bond acceptors (Lipinski definition) is 5. The van der Waals surface area contributed by atoms with Gasteiger partial charge in [-0.25, -0.2) is 0 Å². The quantitative estimate of drug-likeness (QED) is 0.326. The summed E-state index contributed by atoms with van der Waals surface area (Å²) < 4.78 is 10.7. The molecule has 0 saturated heterocycles. The van der Waals surface area contributed by atoms with Crippen LogP contribution in [0, 0.1) is 5.92 Å². The highest BCUT2D eigenvalue weighted by Gasteiger charge is 2.24. The third-order valence-electron chi connectivity index (χ3n) is 5.40. The molecule has 2 aromatic rings. The van der Waals surface area contributed by atoms with E-state index in [2.05, 4.69) is 5.32 Å². The van der Waals surface area contributed by atoms with Crippen molar-refractivity contribution >= 4 is 35.5 Å². The molecule has 3 rings (SSSR count). The van der Waals surface area contributed by atoms with E-state index in [1.807, 2.05) is 18.2 Å². The van der Waals surface area contributed by atoms with Gasteiger partial charge in [-0.1, -0.05) is 36.6 Å². The fraction of sp³-hybridized carbons (Fsp3) is 0.375. The summed E-state index contributed by atoms with van der Waals surface area (Å²) in [5.74, 6) is 0.568. The van der Waals surface area contributed by atoms with Gasteiger partial charge in [0.05, 0.1) is 29.3 Å². The number of nitrogens with one attached hydrogen (secondary N) is 1. The number of aldehydes is 1. The maximum absolute atomic E-state index is 12.3. The van der Waals surface area contributed by atoms with Crippen LogP contribution in [-0.4, -0.2) is 25.3 Å². The summed E-state index contributed by atoms with van der Waals surface area (Å²) in [4.78, 5) is 35.6. The van der Waals surface area contributed by atoms with Gasteiger partial charge in [0.2, 0.25) is 5.91 Å². The minimum absolute atomic E-state index is 0.0124. The van der Waals surface area contributed by atoms with Crippen LogP contribution in [0.25, 0.3) is 0 Å². The lowest BCUT2D eigenvalue weighted by atomic mass is 10.1. The number of methoxy groups -OCH3 is 1. The Labute approximate surface area is 186 Å². The molecule has 2 aromatic carbocycles. The van der Waals surface area contributed by atoms with Crippen molar-refractivity contribution in [3.63, 3.8) is 0 Å². The first kappa shape index (κ1) is 22.8. The van der Waals surface area contributed by atoms with Crippen LogP contribution in [0.15, 0.2) is 36.4 Å². The van der Waals surface area contributed by atoms with Crippen molar-refractivity contribution in [2.75, 3.05) is 12.4 Å². The molecule has 0 atom stereocenters. The zero-order valence-corrected chi connectivity index (χ0v) is 18.2. The molecule has 1 N–H and O–H groups in total. The van der Waals surface area contributed by atoms with Gasteiger partial charge in [0, 0.05) is 12.5 Å². The molecular weight excluding hydrogens is 418 g/mol. The molecule has 0 aromatic heterocycles. The second-order valence-electron chi connectivity index (χ2n) is 7.64. The van der Waals surface area contributed by atoms with Crippen molar-refractivity contribution in [1.29, 1.82) is 0 Å². The second-order valence-corrected chi connectivity index (χ2v) is 8.05. The van der Waals surface area contributed by atoms with Gasteiger partial charge in [0.25, 0.3) is 0 Å². The molecule has 1 saturated carbocycles. The summed E-state index contributed by atoms with van der Waals surface area (Å²) in [7, 11) is 1.45. The SMILES string of the molecule is COc1cc(NC(=O)CCCc2cccc(OC(=O)C3CCCC3)c2)c(Cl)cc1C=O. The molecule has 6 nitrogen and oxygen atoms in total. The van der Waals surface area contributed by atoms with Gasteiger partial charge in [-0.2, -0.15) is 0 Å². The van der Waals surface area contributed by atoms with Gasteiger partial charge in [-0.05, 0) is 49.4 Å². The largest absolute Gasteiger partial charge is 0.496 e. The van der Waals surface area contributed by atoms with Crippen molar-refractivity contribution < 1.29 is 23.9 Å². The van der Waals surface area contributed by atoms with Crippen molar-refractivity contribution in [3.8, 4) is 11.5 Å². The number of halogens is 1. The smallest absolute Gasteiger partial charge is 0.314 e. The molecule has 1 aliphatic carbocycles.